The third-order valence-electron chi connectivity index (χ3n) is 5.45. The van der Waals surface area contributed by atoms with Gasteiger partial charge in [0.05, 0.1) is 5.52 Å². The maximum absolute atomic E-state index is 6.26. The predicted molar refractivity (Wildman–Crippen MR) is 86.3 cm³/mol. The van der Waals surface area contributed by atoms with E-state index in [1.165, 1.54) is 0 Å². The molecule has 5 nitrogen and oxygen atoms in total. The molecular formula is C16H25N5. The maximum atomic E-state index is 6.26. The van der Waals surface area contributed by atoms with Crippen LogP contribution in [0.2, 0.25) is 0 Å². The Morgan fingerprint density at radius 1 is 1.29 bits per heavy atom. The van der Waals surface area contributed by atoms with Crippen LogP contribution in [-0.2, 0) is 0 Å². The van der Waals surface area contributed by atoms with Gasteiger partial charge in [0.1, 0.15) is 11.6 Å². The van der Waals surface area contributed by atoms with Crippen LogP contribution in [0.25, 0.3) is 11.2 Å². The van der Waals surface area contributed by atoms with E-state index in [0.29, 0.717) is 11.8 Å². The Bertz CT molecular complexity index is 645. The fourth-order valence-electron chi connectivity index (χ4n) is 3.55. The van der Waals surface area contributed by atoms with Crippen molar-refractivity contribution in [3.05, 3.63) is 18.0 Å². The van der Waals surface area contributed by atoms with E-state index in [1.807, 2.05) is 19.2 Å². The van der Waals surface area contributed by atoms with E-state index in [-0.39, 0.29) is 11.5 Å². The number of fused-ring (bicyclic) bond motifs is 1. The van der Waals surface area contributed by atoms with Crippen LogP contribution in [0.1, 0.15) is 45.4 Å². The molecule has 5 heteroatoms. The van der Waals surface area contributed by atoms with Crippen molar-refractivity contribution in [3.8, 4) is 0 Å². The van der Waals surface area contributed by atoms with Gasteiger partial charge in [-0.3, -0.25) is 0 Å². The number of hydrogen-bond donors (Lipinski definition) is 3. The smallest absolute Gasteiger partial charge is 0.179 e. The zero-order valence-electron chi connectivity index (χ0n) is 13.3. The van der Waals surface area contributed by atoms with Crippen LogP contribution < -0.4 is 11.1 Å². The second-order valence-electron chi connectivity index (χ2n) is 6.84. The van der Waals surface area contributed by atoms with Crippen molar-refractivity contribution in [2.75, 3.05) is 12.4 Å². The van der Waals surface area contributed by atoms with E-state index in [4.69, 9.17) is 10.7 Å². The third kappa shape index (κ3) is 2.29. The average Bonchev–Trinajstić information content (AvgIpc) is 2.87. The van der Waals surface area contributed by atoms with Crippen molar-refractivity contribution in [1.82, 2.24) is 15.0 Å². The average molecular weight is 287 g/mol. The summed E-state index contributed by atoms with van der Waals surface area (Å²) < 4.78 is 0. The molecule has 1 fully saturated rings. The van der Waals surface area contributed by atoms with Crippen LogP contribution in [0.5, 0.6) is 0 Å². The van der Waals surface area contributed by atoms with Crippen molar-refractivity contribution in [3.63, 3.8) is 0 Å². The molecule has 114 valence electrons. The molecule has 1 aliphatic carbocycles. The van der Waals surface area contributed by atoms with Crippen molar-refractivity contribution in [2.24, 2.45) is 17.1 Å². The standard InChI is InChI=1S/C16H25N5/c1-9-11(17)6-5-10(16(9,2)3)14-19-12-7-8-13(18-4)20-15(12)21-14/h7-11H,5-6,17H2,1-4H3,(H2,18,19,20,21). The van der Waals surface area contributed by atoms with Crippen molar-refractivity contribution >= 4 is 17.0 Å². The number of pyridine rings is 1. The van der Waals surface area contributed by atoms with Crippen LogP contribution in [0.3, 0.4) is 0 Å². The molecule has 4 N–H and O–H groups in total. The highest BCUT2D eigenvalue weighted by atomic mass is 15.0. The van der Waals surface area contributed by atoms with Gasteiger partial charge in [-0.25, -0.2) is 9.97 Å². The third-order valence-corrected chi connectivity index (χ3v) is 5.45. The minimum absolute atomic E-state index is 0.136. The molecular weight excluding hydrogens is 262 g/mol. The van der Waals surface area contributed by atoms with Crippen molar-refractivity contribution in [1.29, 1.82) is 0 Å². The van der Waals surface area contributed by atoms with Gasteiger partial charge in [-0.15, -0.1) is 0 Å². The van der Waals surface area contributed by atoms with E-state index in [1.54, 1.807) is 0 Å². The lowest BCUT2D eigenvalue weighted by molar-refractivity contribution is 0.0954. The van der Waals surface area contributed by atoms with Gasteiger partial charge in [0.25, 0.3) is 0 Å². The SMILES string of the molecule is CNc1ccc2[nH]c(C3CCC(N)C(C)C3(C)C)nc2n1. The Labute approximate surface area is 125 Å². The summed E-state index contributed by atoms with van der Waals surface area (Å²) in [5.41, 5.74) is 8.18. The minimum atomic E-state index is 0.136. The highest BCUT2D eigenvalue weighted by Gasteiger charge is 2.43. The van der Waals surface area contributed by atoms with Crippen LogP contribution in [0.4, 0.5) is 5.82 Å². The molecule has 2 aromatic heterocycles. The molecule has 0 radical (unpaired) electrons. The fraction of sp³-hybridized carbons (Fsp3) is 0.625. The number of anilines is 1. The first-order chi connectivity index (χ1) is 9.93. The lowest BCUT2D eigenvalue weighted by atomic mass is 9.61. The van der Waals surface area contributed by atoms with E-state index in [0.717, 1.165) is 35.6 Å². The molecule has 0 amide bonds. The molecule has 0 saturated heterocycles. The number of aromatic nitrogens is 3. The molecule has 1 aliphatic rings. The van der Waals surface area contributed by atoms with Gasteiger partial charge in [-0.05, 0) is 36.3 Å². The lowest BCUT2D eigenvalue weighted by Gasteiger charge is -2.46. The molecule has 0 spiro atoms. The largest absolute Gasteiger partial charge is 0.373 e. The Morgan fingerprint density at radius 2 is 2.05 bits per heavy atom. The number of nitrogens with two attached hydrogens (primary N) is 1. The Kier molecular flexibility index (Phi) is 3.40. The predicted octanol–water partition coefficient (Wildman–Crippen LogP) is 2.87. The number of H-pyrrole nitrogens is 1. The van der Waals surface area contributed by atoms with Gasteiger partial charge in [0, 0.05) is 19.0 Å². The number of rotatable bonds is 2. The van der Waals surface area contributed by atoms with Crippen LogP contribution >= 0.6 is 0 Å². The topological polar surface area (TPSA) is 79.6 Å². The molecule has 3 unspecified atom stereocenters. The van der Waals surface area contributed by atoms with E-state index >= 15 is 0 Å². The molecule has 1 saturated carbocycles. The van der Waals surface area contributed by atoms with Crippen molar-refractivity contribution in [2.45, 2.75) is 45.6 Å². The molecule has 3 rings (SSSR count). The number of nitrogens with one attached hydrogen (secondary N) is 2. The maximum Gasteiger partial charge on any atom is 0.179 e. The van der Waals surface area contributed by atoms with Crippen LogP contribution in [0, 0.1) is 11.3 Å². The summed E-state index contributed by atoms with van der Waals surface area (Å²) in [6.45, 7) is 6.87. The van der Waals surface area contributed by atoms with Gasteiger partial charge in [-0.1, -0.05) is 20.8 Å². The number of aromatic amines is 1. The summed E-state index contributed by atoms with van der Waals surface area (Å²) in [5.74, 6) is 2.78. The molecule has 0 aromatic carbocycles. The van der Waals surface area contributed by atoms with Gasteiger partial charge < -0.3 is 16.0 Å². The first-order valence-electron chi connectivity index (χ1n) is 7.73. The molecule has 0 aliphatic heterocycles. The second kappa shape index (κ2) is 4.98. The highest BCUT2D eigenvalue weighted by molar-refractivity contribution is 5.73. The van der Waals surface area contributed by atoms with Crippen LogP contribution in [-0.4, -0.2) is 28.0 Å². The van der Waals surface area contributed by atoms with Gasteiger partial charge in [0.2, 0.25) is 0 Å². The Morgan fingerprint density at radius 3 is 2.76 bits per heavy atom. The summed E-state index contributed by atoms with van der Waals surface area (Å²) in [4.78, 5) is 12.7. The van der Waals surface area contributed by atoms with Crippen LogP contribution in [0.15, 0.2) is 12.1 Å². The number of imidazole rings is 1. The molecule has 3 atom stereocenters. The summed E-state index contributed by atoms with van der Waals surface area (Å²) in [6.07, 6.45) is 2.14. The van der Waals surface area contributed by atoms with Gasteiger partial charge >= 0.3 is 0 Å². The normalized spacial score (nSPS) is 28.7. The summed E-state index contributed by atoms with van der Waals surface area (Å²) in [7, 11) is 1.87. The first kappa shape index (κ1) is 14.3. The molecule has 2 heterocycles. The zero-order valence-corrected chi connectivity index (χ0v) is 13.3. The fourth-order valence-corrected chi connectivity index (χ4v) is 3.55. The zero-order chi connectivity index (χ0) is 15.2. The number of nitrogens with zero attached hydrogens (tertiary/aromatic N) is 2. The first-order valence-corrected chi connectivity index (χ1v) is 7.73. The number of hydrogen-bond acceptors (Lipinski definition) is 4. The van der Waals surface area contributed by atoms with Gasteiger partial charge in [-0.2, -0.15) is 0 Å². The Balaban J connectivity index is 1.99. The van der Waals surface area contributed by atoms with E-state index in [9.17, 15) is 0 Å². The summed E-state index contributed by atoms with van der Waals surface area (Å²) in [5, 5.41) is 3.06. The summed E-state index contributed by atoms with van der Waals surface area (Å²) >= 11 is 0. The van der Waals surface area contributed by atoms with E-state index in [2.05, 4.69) is 36.1 Å². The quantitative estimate of drug-likeness (QED) is 0.793. The second-order valence-corrected chi connectivity index (χ2v) is 6.84. The Hall–Kier alpha value is -1.62. The van der Waals surface area contributed by atoms with E-state index < -0.39 is 0 Å². The minimum Gasteiger partial charge on any atom is -0.373 e. The van der Waals surface area contributed by atoms with Gasteiger partial charge in [0.15, 0.2) is 5.65 Å². The molecule has 21 heavy (non-hydrogen) atoms. The lowest BCUT2D eigenvalue weighted by Crippen LogP contribution is -2.46. The molecule has 2 aromatic rings. The van der Waals surface area contributed by atoms with Crippen molar-refractivity contribution < 1.29 is 0 Å². The molecule has 0 bridgehead atoms. The monoisotopic (exact) mass is 287 g/mol. The highest BCUT2D eigenvalue weighted by Crippen LogP contribution is 2.49. The summed E-state index contributed by atoms with van der Waals surface area (Å²) in [6, 6.07) is 4.29.